The second kappa shape index (κ2) is 12.0. The molecule has 0 aliphatic heterocycles. The van der Waals surface area contributed by atoms with Gasteiger partial charge in [-0.1, -0.05) is 12.1 Å². The smallest absolute Gasteiger partial charge is 0.344 e. The first-order valence-corrected chi connectivity index (χ1v) is 9.59. The van der Waals surface area contributed by atoms with Crippen molar-refractivity contribution in [3.05, 3.63) is 59.7 Å². The number of nitrogens with one attached hydrogen (secondary N) is 2. The lowest BCUT2D eigenvalue weighted by atomic mass is 10.2. The zero-order valence-electron chi connectivity index (χ0n) is 17.6. The summed E-state index contributed by atoms with van der Waals surface area (Å²) in [6.45, 7) is 3.36. The SMILES string of the molecule is CCOC(=O)COc1cccc(C=NNC(=O)C(C)NC(=O)c2ccc(OC)cc2)c1. The van der Waals surface area contributed by atoms with Crippen molar-refractivity contribution in [1.82, 2.24) is 10.7 Å². The van der Waals surface area contributed by atoms with Crippen molar-refractivity contribution in [2.75, 3.05) is 20.3 Å². The van der Waals surface area contributed by atoms with Crippen LogP contribution in [-0.2, 0) is 14.3 Å². The van der Waals surface area contributed by atoms with Gasteiger partial charge in [-0.2, -0.15) is 5.10 Å². The van der Waals surface area contributed by atoms with Crippen LogP contribution in [0.5, 0.6) is 11.5 Å². The highest BCUT2D eigenvalue weighted by atomic mass is 16.6. The van der Waals surface area contributed by atoms with Crippen LogP contribution in [0.3, 0.4) is 0 Å². The summed E-state index contributed by atoms with van der Waals surface area (Å²) in [6.07, 6.45) is 1.42. The molecule has 2 amide bonds. The van der Waals surface area contributed by atoms with Gasteiger partial charge in [0, 0.05) is 5.56 Å². The highest BCUT2D eigenvalue weighted by molar-refractivity contribution is 5.97. The van der Waals surface area contributed by atoms with Gasteiger partial charge in [-0.05, 0) is 55.8 Å². The summed E-state index contributed by atoms with van der Waals surface area (Å²) in [5.41, 5.74) is 3.43. The van der Waals surface area contributed by atoms with E-state index in [-0.39, 0.29) is 19.1 Å². The van der Waals surface area contributed by atoms with E-state index in [9.17, 15) is 14.4 Å². The van der Waals surface area contributed by atoms with E-state index < -0.39 is 17.9 Å². The van der Waals surface area contributed by atoms with Crippen molar-refractivity contribution in [3.63, 3.8) is 0 Å². The molecular formula is C22H25N3O6. The molecule has 0 saturated heterocycles. The first-order valence-electron chi connectivity index (χ1n) is 9.59. The molecule has 31 heavy (non-hydrogen) atoms. The molecule has 2 aromatic carbocycles. The Morgan fingerprint density at radius 1 is 1.10 bits per heavy atom. The second-order valence-electron chi connectivity index (χ2n) is 6.32. The van der Waals surface area contributed by atoms with E-state index in [0.717, 1.165) is 0 Å². The van der Waals surface area contributed by atoms with E-state index in [1.165, 1.54) is 13.3 Å². The van der Waals surface area contributed by atoms with Crippen LogP contribution in [0.4, 0.5) is 0 Å². The lowest BCUT2D eigenvalue weighted by molar-refractivity contribution is -0.145. The number of nitrogens with zero attached hydrogens (tertiary/aromatic N) is 1. The summed E-state index contributed by atoms with van der Waals surface area (Å²) in [7, 11) is 1.54. The molecule has 0 spiro atoms. The summed E-state index contributed by atoms with van der Waals surface area (Å²) in [4.78, 5) is 35.7. The molecule has 0 aromatic heterocycles. The molecule has 2 N–H and O–H groups in total. The van der Waals surface area contributed by atoms with Crippen molar-refractivity contribution in [2.24, 2.45) is 5.10 Å². The Labute approximate surface area is 180 Å². The summed E-state index contributed by atoms with van der Waals surface area (Å²) >= 11 is 0. The highest BCUT2D eigenvalue weighted by Crippen LogP contribution is 2.12. The van der Waals surface area contributed by atoms with Gasteiger partial charge in [0.2, 0.25) is 0 Å². The van der Waals surface area contributed by atoms with E-state index in [0.29, 0.717) is 22.6 Å². The van der Waals surface area contributed by atoms with Crippen LogP contribution in [0.25, 0.3) is 0 Å². The standard InChI is InChI=1S/C22H25N3O6/c1-4-30-20(26)14-31-19-7-5-6-16(12-19)13-23-25-21(27)15(2)24-22(28)17-8-10-18(29-3)11-9-17/h5-13,15H,4,14H2,1-3H3,(H,24,28)(H,25,27). The minimum Gasteiger partial charge on any atom is -0.497 e. The van der Waals surface area contributed by atoms with E-state index in [4.69, 9.17) is 14.2 Å². The molecule has 2 rings (SSSR count). The fourth-order valence-electron chi connectivity index (χ4n) is 2.38. The molecule has 0 aliphatic rings. The lowest BCUT2D eigenvalue weighted by Crippen LogP contribution is -2.43. The summed E-state index contributed by atoms with van der Waals surface area (Å²) in [5, 5.41) is 6.49. The Kier molecular flexibility index (Phi) is 9.03. The number of methoxy groups -OCH3 is 1. The third-order valence-electron chi connectivity index (χ3n) is 4.00. The molecule has 1 unspecified atom stereocenters. The normalized spacial score (nSPS) is 11.5. The largest absolute Gasteiger partial charge is 0.497 e. The third kappa shape index (κ3) is 7.81. The van der Waals surface area contributed by atoms with Crippen LogP contribution in [0.2, 0.25) is 0 Å². The van der Waals surface area contributed by atoms with Crippen molar-refractivity contribution >= 4 is 24.0 Å². The average molecular weight is 427 g/mol. The maximum atomic E-state index is 12.2. The van der Waals surface area contributed by atoms with Gasteiger partial charge in [-0.15, -0.1) is 0 Å². The van der Waals surface area contributed by atoms with Crippen LogP contribution in [0, 0.1) is 0 Å². The topological polar surface area (TPSA) is 115 Å². The van der Waals surface area contributed by atoms with E-state index in [1.807, 2.05) is 0 Å². The second-order valence-corrected chi connectivity index (χ2v) is 6.32. The Morgan fingerprint density at radius 3 is 2.52 bits per heavy atom. The van der Waals surface area contributed by atoms with Crippen LogP contribution < -0.4 is 20.2 Å². The van der Waals surface area contributed by atoms with Crippen molar-refractivity contribution in [1.29, 1.82) is 0 Å². The van der Waals surface area contributed by atoms with Gasteiger partial charge < -0.3 is 19.5 Å². The maximum Gasteiger partial charge on any atom is 0.344 e. The van der Waals surface area contributed by atoms with Gasteiger partial charge in [-0.25, -0.2) is 10.2 Å². The molecule has 1 atom stereocenters. The highest BCUT2D eigenvalue weighted by Gasteiger charge is 2.16. The number of hydrogen-bond donors (Lipinski definition) is 2. The Morgan fingerprint density at radius 2 is 1.84 bits per heavy atom. The van der Waals surface area contributed by atoms with Gasteiger partial charge >= 0.3 is 5.97 Å². The number of hydrogen-bond acceptors (Lipinski definition) is 7. The maximum absolute atomic E-state index is 12.2. The van der Waals surface area contributed by atoms with Gasteiger partial charge in [0.25, 0.3) is 11.8 Å². The minimum absolute atomic E-state index is 0.198. The minimum atomic E-state index is -0.800. The molecule has 0 saturated carbocycles. The number of hydrazone groups is 1. The Bertz CT molecular complexity index is 927. The van der Waals surface area contributed by atoms with E-state index in [2.05, 4.69) is 15.8 Å². The van der Waals surface area contributed by atoms with Gasteiger partial charge in [0.1, 0.15) is 17.5 Å². The van der Waals surface area contributed by atoms with Crippen molar-refractivity contribution in [3.8, 4) is 11.5 Å². The molecule has 0 fully saturated rings. The molecule has 0 aliphatic carbocycles. The van der Waals surface area contributed by atoms with Gasteiger partial charge in [-0.3, -0.25) is 9.59 Å². The first kappa shape index (κ1) is 23.4. The van der Waals surface area contributed by atoms with Crippen molar-refractivity contribution < 1.29 is 28.6 Å². The third-order valence-corrected chi connectivity index (χ3v) is 4.00. The fraction of sp³-hybridized carbons (Fsp3) is 0.273. The zero-order chi connectivity index (χ0) is 22.6. The number of amides is 2. The number of esters is 1. The summed E-state index contributed by atoms with van der Waals surface area (Å²) in [6, 6.07) is 12.6. The van der Waals surface area contributed by atoms with Crippen LogP contribution >= 0.6 is 0 Å². The molecular weight excluding hydrogens is 402 g/mol. The number of carbonyl (C=O) groups is 3. The lowest BCUT2D eigenvalue weighted by Gasteiger charge is -2.12. The summed E-state index contributed by atoms with van der Waals surface area (Å²) in [5.74, 6) is -0.233. The zero-order valence-corrected chi connectivity index (χ0v) is 17.6. The van der Waals surface area contributed by atoms with Crippen LogP contribution in [0.15, 0.2) is 53.6 Å². The number of rotatable bonds is 10. The predicted octanol–water partition coefficient (Wildman–Crippen LogP) is 1.91. The monoisotopic (exact) mass is 427 g/mol. The fourth-order valence-corrected chi connectivity index (χ4v) is 2.38. The molecule has 0 bridgehead atoms. The van der Waals surface area contributed by atoms with Crippen LogP contribution in [0.1, 0.15) is 29.8 Å². The Balaban J connectivity index is 1.84. The summed E-state index contributed by atoms with van der Waals surface area (Å²) < 4.78 is 15.2. The van der Waals surface area contributed by atoms with Gasteiger partial charge in [0.05, 0.1) is 19.9 Å². The first-order chi connectivity index (χ1) is 14.9. The van der Waals surface area contributed by atoms with E-state index >= 15 is 0 Å². The quantitative estimate of drug-likeness (QED) is 0.340. The van der Waals surface area contributed by atoms with E-state index in [1.54, 1.807) is 62.4 Å². The van der Waals surface area contributed by atoms with Crippen LogP contribution in [-0.4, -0.2) is 50.4 Å². The number of carbonyl (C=O) groups excluding carboxylic acids is 3. The molecule has 9 heteroatoms. The number of ether oxygens (including phenoxy) is 3. The molecule has 0 heterocycles. The van der Waals surface area contributed by atoms with Gasteiger partial charge in [0.15, 0.2) is 6.61 Å². The van der Waals surface area contributed by atoms with Crippen molar-refractivity contribution in [2.45, 2.75) is 19.9 Å². The number of benzene rings is 2. The molecule has 0 radical (unpaired) electrons. The molecule has 164 valence electrons. The molecule has 2 aromatic rings. The average Bonchev–Trinajstić information content (AvgIpc) is 2.78. The Hall–Kier alpha value is -3.88. The predicted molar refractivity (Wildman–Crippen MR) is 114 cm³/mol. The molecule has 9 nitrogen and oxygen atoms in total.